The summed E-state index contributed by atoms with van der Waals surface area (Å²) in [5.74, 6) is 1.47. The van der Waals surface area contributed by atoms with Gasteiger partial charge in [-0.3, -0.25) is 0 Å². The van der Waals surface area contributed by atoms with Crippen LogP contribution in [0.1, 0.15) is 0 Å². The van der Waals surface area contributed by atoms with E-state index in [1.54, 1.807) is 0 Å². The molecule has 3 N–H and O–H groups in total. The number of nitrogens with one attached hydrogen (secondary N) is 1. The highest BCUT2D eigenvalue weighted by Gasteiger charge is 2.09. The van der Waals surface area contributed by atoms with Gasteiger partial charge in [0.15, 0.2) is 6.20 Å². The Balaban J connectivity index is 1.44. The van der Waals surface area contributed by atoms with Crippen molar-refractivity contribution in [3.05, 3.63) is 85.1 Å². The normalized spacial score (nSPS) is 10.8. The minimum absolute atomic E-state index is 0.0376. The molecule has 3 aromatic carbocycles. The van der Waals surface area contributed by atoms with Crippen molar-refractivity contribution in [3.63, 3.8) is 0 Å². The maximum Gasteiger partial charge on any atom is 0.214 e. The third-order valence-corrected chi connectivity index (χ3v) is 5.35. The topological polar surface area (TPSA) is 68.8 Å². The minimum Gasteiger partial charge on any atom is -0.457 e. The molecule has 0 aliphatic heterocycles. The molecule has 0 amide bonds. The van der Waals surface area contributed by atoms with Crippen LogP contribution in [-0.4, -0.2) is 36.5 Å². The van der Waals surface area contributed by atoms with E-state index < -0.39 is 0 Å². The van der Waals surface area contributed by atoms with Crippen molar-refractivity contribution in [1.82, 2.24) is 0 Å². The highest BCUT2D eigenvalue weighted by molar-refractivity contribution is 5.90. The number of fused-ring (bicyclic) bond motifs is 1. The van der Waals surface area contributed by atoms with Crippen LogP contribution in [0.3, 0.4) is 0 Å². The molecule has 164 valence electrons. The van der Waals surface area contributed by atoms with Crippen molar-refractivity contribution in [2.24, 2.45) is 7.05 Å². The number of aromatic nitrogens is 1. The summed E-state index contributed by atoms with van der Waals surface area (Å²) in [5.41, 5.74) is 4.13. The first-order valence-electron chi connectivity index (χ1n) is 10.7. The second-order valence-corrected chi connectivity index (χ2v) is 7.54. The van der Waals surface area contributed by atoms with Gasteiger partial charge >= 0.3 is 0 Å². The number of rotatable bonds is 9. The molecule has 6 nitrogen and oxygen atoms in total. The van der Waals surface area contributed by atoms with Crippen LogP contribution in [0.2, 0.25) is 0 Å². The van der Waals surface area contributed by atoms with Gasteiger partial charge in [0.1, 0.15) is 18.5 Å². The van der Waals surface area contributed by atoms with Gasteiger partial charge in [-0.2, -0.15) is 0 Å². The van der Waals surface area contributed by atoms with Gasteiger partial charge in [-0.1, -0.05) is 12.1 Å². The van der Waals surface area contributed by atoms with Gasteiger partial charge in [-0.05, 0) is 54.6 Å². The summed E-state index contributed by atoms with van der Waals surface area (Å²) >= 11 is 0. The average molecular weight is 431 g/mol. The quantitative estimate of drug-likeness (QED) is 0.350. The van der Waals surface area contributed by atoms with Gasteiger partial charge < -0.3 is 25.2 Å². The van der Waals surface area contributed by atoms with Gasteiger partial charge in [0.05, 0.1) is 24.3 Å². The van der Waals surface area contributed by atoms with Crippen LogP contribution in [0, 0.1) is 0 Å². The van der Waals surface area contributed by atoms with Gasteiger partial charge in [-0.15, -0.1) is 0 Å². The third-order valence-electron chi connectivity index (χ3n) is 5.35. The molecule has 4 aromatic rings. The number of pyridine rings is 1. The number of hydrogen-bond donors (Lipinski definition) is 3. The number of para-hydroxylation sites is 1. The Labute approximate surface area is 187 Å². The molecule has 32 heavy (non-hydrogen) atoms. The molecular weight excluding hydrogens is 402 g/mol. The summed E-state index contributed by atoms with van der Waals surface area (Å²) in [6.07, 6.45) is 2.05. The highest BCUT2D eigenvalue weighted by atomic mass is 16.5. The zero-order chi connectivity index (χ0) is 22.3. The molecule has 0 fully saturated rings. The summed E-state index contributed by atoms with van der Waals surface area (Å²) < 4.78 is 8.08. The highest BCUT2D eigenvalue weighted by Crippen LogP contribution is 2.28. The van der Waals surface area contributed by atoms with E-state index in [9.17, 15) is 10.2 Å². The van der Waals surface area contributed by atoms with E-state index in [4.69, 9.17) is 4.74 Å². The first kappa shape index (κ1) is 21.6. The molecule has 1 aromatic heterocycles. The summed E-state index contributed by atoms with van der Waals surface area (Å²) in [6.45, 7) is 1.03. The maximum absolute atomic E-state index is 9.20. The largest absolute Gasteiger partial charge is 0.457 e. The standard InChI is InChI=1S/C26H27N3O3/c1-28-15-14-25(24-4-2-3-5-26(24)28)27-20-6-10-22(11-7-20)32-23-12-8-21(9-13-23)29(16-18-30)17-19-31/h2-15,30-31H,16-19H2,1H3/p+1. The molecular formula is C26H28N3O3+. The lowest BCUT2D eigenvalue weighted by molar-refractivity contribution is -0.644. The average Bonchev–Trinajstić information content (AvgIpc) is 2.83. The predicted octanol–water partition coefficient (Wildman–Crippen LogP) is 3.99. The number of hydrogen-bond acceptors (Lipinski definition) is 5. The lowest BCUT2D eigenvalue weighted by Crippen LogP contribution is -2.29. The number of aryl methyl sites for hydroxylation is 1. The molecule has 0 unspecified atom stereocenters. The van der Waals surface area contributed by atoms with Crippen LogP contribution in [-0.2, 0) is 7.05 Å². The number of aliphatic hydroxyl groups is 2. The van der Waals surface area contributed by atoms with Crippen molar-refractivity contribution in [3.8, 4) is 11.5 Å². The van der Waals surface area contributed by atoms with Crippen LogP contribution in [0.15, 0.2) is 85.1 Å². The van der Waals surface area contributed by atoms with Crippen LogP contribution in [0.25, 0.3) is 10.9 Å². The van der Waals surface area contributed by atoms with E-state index >= 15 is 0 Å². The Kier molecular flexibility index (Phi) is 6.84. The Morgan fingerprint density at radius 2 is 1.44 bits per heavy atom. The number of anilines is 3. The van der Waals surface area contributed by atoms with Crippen molar-refractivity contribution < 1.29 is 19.5 Å². The fraction of sp³-hybridized carbons (Fsp3) is 0.192. The molecule has 0 atom stereocenters. The second-order valence-electron chi connectivity index (χ2n) is 7.54. The first-order chi connectivity index (χ1) is 15.7. The Morgan fingerprint density at radius 3 is 2.09 bits per heavy atom. The lowest BCUT2D eigenvalue weighted by atomic mass is 10.1. The molecule has 0 spiro atoms. The van der Waals surface area contributed by atoms with Gasteiger partial charge in [-0.25, -0.2) is 4.57 Å². The molecule has 0 bridgehead atoms. The molecule has 6 heteroatoms. The number of aliphatic hydroxyl groups excluding tert-OH is 2. The SMILES string of the molecule is C[n+]1ccc(Nc2ccc(Oc3ccc(N(CCO)CCO)cc3)cc2)c2ccccc21. The van der Waals surface area contributed by atoms with Crippen LogP contribution < -0.4 is 19.5 Å². The molecule has 0 saturated carbocycles. The van der Waals surface area contributed by atoms with Gasteiger partial charge in [0, 0.05) is 36.6 Å². The summed E-state index contributed by atoms with van der Waals surface area (Å²) in [5, 5.41) is 23.1. The van der Waals surface area contributed by atoms with Crippen molar-refractivity contribution in [1.29, 1.82) is 0 Å². The van der Waals surface area contributed by atoms with E-state index in [-0.39, 0.29) is 13.2 Å². The second kappa shape index (κ2) is 10.1. The van der Waals surface area contributed by atoms with Crippen LogP contribution >= 0.6 is 0 Å². The molecule has 1 heterocycles. The zero-order valence-electron chi connectivity index (χ0n) is 18.1. The van der Waals surface area contributed by atoms with Crippen molar-refractivity contribution in [2.45, 2.75) is 0 Å². The molecule has 0 radical (unpaired) electrons. The Morgan fingerprint density at radius 1 is 0.812 bits per heavy atom. The summed E-state index contributed by atoms with van der Waals surface area (Å²) in [7, 11) is 2.04. The molecule has 4 rings (SSSR count). The van der Waals surface area contributed by atoms with E-state index in [1.807, 2.05) is 78.8 Å². The zero-order valence-corrected chi connectivity index (χ0v) is 18.1. The van der Waals surface area contributed by atoms with Crippen LogP contribution in [0.4, 0.5) is 17.1 Å². The van der Waals surface area contributed by atoms with E-state index in [0.29, 0.717) is 13.1 Å². The number of ether oxygens (including phenoxy) is 1. The maximum atomic E-state index is 9.20. The monoisotopic (exact) mass is 430 g/mol. The van der Waals surface area contributed by atoms with Gasteiger partial charge in [0.25, 0.3) is 0 Å². The molecule has 0 aliphatic rings. The Bertz CT molecular complexity index is 1160. The smallest absolute Gasteiger partial charge is 0.214 e. The third kappa shape index (κ3) is 4.99. The molecule has 0 aliphatic carbocycles. The van der Waals surface area contributed by atoms with E-state index in [0.717, 1.165) is 39.5 Å². The number of nitrogens with zero attached hydrogens (tertiary/aromatic N) is 2. The molecule has 0 saturated heterocycles. The van der Waals surface area contributed by atoms with Crippen LogP contribution in [0.5, 0.6) is 11.5 Å². The lowest BCUT2D eigenvalue weighted by Gasteiger charge is -2.23. The van der Waals surface area contributed by atoms with Gasteiger partial charge in [0.2, 0.25) is 5.52 Å². The predicted molar refractivity (Wildman–Crippen MR) is 128 cm³/mol. The first-order valence-corrected chi connectivity index (χ1v) is 10.7. The fourth-order valence-electron chi connectivity index (χ4n) is 3.71. The van der Waals surface area contributed by atoms with E-state index in [2.05, 4.69) is 28.1 Å². The number of benzene rings is 3. The summed E-state index contributed by atoms with van der Waals surface area (Å²) in [4.78, 5) is 1.93. The van der Waals surface area contributed by atoms with Crippen molar-refractivity contribution >= 4 is 28.0 Å². The Hall–Kier alpha value is -3.61. The fourth-order valence-corrected chi connectivity index (χ4v) is 3.71. The summed E-state index contributed by atoms with van der Waals surface area (Å²) in [6, 6.07) is 25.9. The van der Waals surface area contributed by atoms with E-state index in [1.165, 1.54) is 0 Å². The minimum atomic E-state index is 0.0376. The van der Waals surface area contributed by atoms with Crippen molar-refractivity contribution in [2.75, 3.05) is 36.5 Å².